The molecule has 0 aromatic carbocycles. The van der Waals surface area contributed by atoms with E-state index in [0.29, 0.717) is 31.6 Å². The second-order valence-electron chi connectivity index (χ2n) is 23.5. The highest BCUT2D eigenvalue weighted by Gasteiger charge is 2.30. The van der Waals surface area contributed by atoms with Gasteiger partial charge in [0.15, 0.2) is 12.2 Å². The molecule has 0 spiro atoms. The number of rotatable bonds is 58. The Kier molecular flexibility index (Phi) is 50.2. The third-order valence-electron chi connectivity index (χ3n) is 14.5. The predicted molar refractivity (Wildman–Crippen MR) is 317 cm³/mol. The Morgan fingerprint density at radius 2 is 0.600 bits per heavy atom. The molecular formula is C61H118O17P2. The Morgan fingerprint density at radius 1 is 0.350 bits per heavy atom. The third-order valence-corrected chi connectivity index (χ3v) is 16.4. The third kappa shape index (κ3) is 52.8. The average Bonchev–Trinajstić information content (AvgIpc) is 3.41. The van der Waals surface area contributed by atoms with Gasteiger partial charge in [0.05, 0.1) is 26.4 Å². The molecule has 0 aliphatic heterocycles. The summed E-state index contributed by atoms with van der Waals surface area (Å²) in [7, 11) is -9.88. The summed E-state index contributed by atoms with van der Waals surface area (Å²) in [6.45, 7) is 13.8. The number of aliphatic hydroxyl groups excluding tert-OH is 1. The Hall–Kier alpha value is -1.94. The van der Waals surface area contributed by atoms with E-state index in [1.807, 2.05) is 0 Å². The van der Waals surface area contributed by atoms with Gasteiger partial charge in [0.25, 0.3) is 0 Å². The summed E-state index contributed by atoms with van der Waals surface area (Å²) in [6.07, 6.45) is 29.6. The van der Waals surface area contributed by atoms with Crippen LogP contribution in [0.2, 0.25) is 0 Å². The van der Waals surface area contributed by atoms with E-state index in [2.05, 4.69) is 55.4 Å². The summed E-state index contributed by atoms with van der Waals surface area (Å²) in [6, 6.07) is 0. The molecule has 7 atom stereocenters. The molecule has 474 valence electrons. The lowest BCUT2D eigenvalue weighted by molar-refractivity contribution is -0.161. The van der Waals surface area contributed by atoms with Crippen LogP contribution in [0.15, 0.2) is 0 Å². The Bertz CT molecular complexity index is 1610. The smallest absolute Gasteiger partial charge is 0.462 e. The normalized spacial score (nSPS) is 15.2. The van der Waals surface area contributed by atoms with Gasteiger partial charge in [0, 0.05) is 25.7 Å². The molecule has 0 radical (unpaired) electrons. The first-order valence-electron chi connectivity index (χ1n) is 31.8. The summed E-state index contributed by atoms with van der Waals surface area (Å²) >= 11 is 0. The lowest BCUT2D eigenvalue weighted by atomic mass is 10.00. The maximum absolute atomic E-state index is 12.9. The van der Waals surface area contributed by atoms with Crippen molar-refractivity contribution in [2.75, 3.05) is 39.6 Å². The van der Waals surface area contributed by atoms with Crippen LogP contribution in [0.5, 0.6) is 0 Å². The summed E-state index contributed by atoms with van der Waals surface area (Å²) < 4.78 is 67.8. The van der Waals surface area contributed by atoms with Crippen LogP contribution in [0.3, 0.4) is 0 Å². The highest BCUT2D eigenvalue weighted by molar-refractivity contribution is 7.47. The molecule has 4 unspecified atom stereocenters. The van der Waals surface area contributed by atoms with Gasteiger partial charge in [0.2, 0.25) is 0 Å². The van der Waals surface area contributed by atoms with E-state index >= 15 is 0 Å². The number of esters is 4. The lowest BCUT2D eigenvalue weighted by Gasteiger charge is -2.21. The second kappa shape index (κ2) is 51.5. The molecule has 3 N–H and O–H groups in total. The topological polar surface area (TPSA) is 237 Å². The number of hydrogen-bond donors (Lipinski definition) is 3. The van der Waals surface area contributed by atoms with Crippen LogP contribution in [0, 0.1) is 23.7 Å². The molecule has 0 aromatic heterocycles. The molecule has 0 amide bonds. The molecule has 0 aromatic rings. The molecule has 0 bridgehead atoms. The molecule has 17 nitrogen and oxygen atoms in total. The van der Waals surface area contributed by atoms with Crippen molar-refractivity contribution in [3.05, 3.63) is 0 Å². The SMILES string of the molecule is CCC(C)CCCCCCCCC(=O)OC[C@H](COP(=O)(O)OC[C@H](O)COP(=O)(O)OC[C@@H](COC(=O)CCCCCCCCC(C)CC)OC(=O)CCCCCCCCC(C)C)OC(=O)CCCCCCCCCCC(C)C. The van der Waals surface area contributed by atoms with Crippen molar-refractivity contribution in [3.63, 3.8) is 0 Å². The number of phosphoric acid groups is 2. The molecule has 0 aliphatic rings. The predicted octanol–water partition coefficient (Wildman–Crippen LogP) is 16.2. The van der Waals surface area contributed by atoms with Crippen LogP contribution in [0.1, 0.15) is 287 Å². The first-order chi connectivity index (χ1) is 38.2. The second-order valence-corrected chi connectivity index (χ2v) is 26.4. The monoisotopic (exact) mass is 1180 g/mol. The highest BCUT2D eigenvalue weighted by atomic mass is 31.2. The highest BCUT2D eigenvalue weighted by Crippen LogP contribution is 2.45. The minimum atomic E-state index is -4.94. The molecule has 80 heavy (non-hydrogen) atoms. The van der Waals surface area contributed by atoms with Crippen LogP contribution in [-0.4, -0.2) is 96.7 Å². The van der Waals surface area contributed by atoms with E-state index in [4.69, 9.17) is 37.0 Å². The fraction of sp³-hybridized carbons (Fsp3) is 0.934. The van der Waals surface area contributed by atoms with E-state index in [9.17, 15) is 43.2 Å². The van der Waals surface area contributed by atoms with Crippen LogP contribution in [-0.2, 0) is 65.4 Å². The summed E-state index contributed by atoms with van der Waals surface area (Å²) in [5, 5.41) is 10.5. The number of carbonyl (C=O) groups is 4. The van der Waals surface area contributed by atoms with Crippen LogP contribution >= 0.6 is 15.6 Å². The quantitative estimate of drug-likeness (QED) is 0.0222. The van der Waals surface area contributed by atoms with Gasteiger partial charge in [-0.15, -0.1) is 0 Å². The zero-order valence-electron chi connectivity index (χ0n) is 51.7. The van der Waals surface area contributed by atoms with Gasteiger partial charge in [0.1, 0.15) is 19.3 Å². The van der Waals surface area contributed by atoms with Crippen molar-refractivity contribution < 1.29 is 80.2 Å². The van der Waals surface area contributed by atoms with Crippen molar-refractivity contribution >= 4 is 39.5 Å². The zero-order valence-corrected chi connectivity index (χ0v) is 53.5. The number of phosphoric ester groups is 2. The van der Waals surface area contributed by atoms with Gasteiger partial charge in [-0.3, -0.25) is 37.3 Å². The summed E-state index contributed by atoms with van der Waals surface area (Å²) in [5.41, 5.74) is 0. The molecule has 0 saturated heterocycles. The summed E-state index contributed by atoms with van der Waals surface area (Å²) in [4.78, 5) is 72.0. The van der Waals surface area contributed by atoms with E-state index < -0.39 is 97.5 Å². The van der Waals surface area contributed by atoms with Gasteiger partial charge in [-0.2, -0.15) is 0 Å². The van der Waals surface area contributed by atoms with Crippen molar-refractivity contribution in [1.29, 1.82) is 0 Å². The molecular weight excluding hydrogens is 1070 g/mol. The first kappa shape index (κ1) is 78.1. The molecule has 0 rings (SSSR count). The Morgan fingerprint density at radius 3 is 0.887 bits per heavy atom. The van der Waals surface area contributed by atoms with Crippen molar-refractivity contribution in [1.82, 2.24) is 0 Å². The number of unbranched alkanes of at least 4 members (excludes halogenated alkanes) is 22. The van der Waals surface area contributed by atoms with Crippen LogP contribution in [0.25, 0.3) is 0 Å². The fourth-order valence-electron chi connectivity index (χ4n) is 8.83. The zero-order chi connectivity index (χ0) is 59.7. The standard InChI is InChI=1S/C61H118O17P2/c1-9-53(7)39-31-23-16-19-25-33-41-58(63)71-47-56(77-60(65)43-35-27-14-12-11-13-21-29-37-51(3)4)49-75-79(67,68)73-45-55(62)46-74-80(69,70)76-50-57(78-61(66)44-36-28-18-15-22-30-38-52(5)6)48-72-59(64)42-34-26-20-17-24-32-40-54(8)10-2/h51-57,62H,9-50H2,1-8H3,(H,67,68)(H,69,70)/t53?,54?,55-,56+,57+/m0/s1. The first-order valence-corrected chi connectivity index (χ1v) is 34.8. The molecule has 0 aliphatic carbocycles. The molecule has 0 heterocycles. The number of aliphatic hydroxyl groups is 1. The van der Waals surface area contributed by atoms with Gasteiger partial charge in [-0.1, -0.05) is 235 Å². The number of hydrogen-bond acceptors (Lipinski definition) is 15. The minimum Gasteiger partial charge on any atom is -0.462 e. The molecule has 19 heteroatoms. The maximum atomic E-state index is 12.9. The lowest BCUT2D eigenvalue weighted by Crippen LogP contribution is -2.30. The van der Waals surface area contributed by atoms with E-state index in [1.165, 1.54) is 77.0 Å². The van der Waals surface area contributed by atoms with E-state index in [0.717, 1.165) is 120 Å². The van der Waals surface area contributed by atoms with E-state index in [-0.39, 0.29) is 25.7 Å². The molecule has 0 fully saturated rings. The van der Waals surface area contributed by atoms with Gasteiger partial charge in [-0.05, 0) is 49.4 Å². The van der Waals surface area contributed by atoms with Gasteiger partial charge >= 0.3 is 39.5 Å². The Balaban J connectivity index is 5.26. The fourth-order valence-corrected chi connectivity index (χ4v) is 10.4. The number of carbonyl (C=O) groups excluding carboxylic acids is 4. The van der Waals surface area contributed by atoms with Gasteiger partial charge < -0.3 is 33.8 Å². The minimum absolute atomic E-state index is 0.100. The van der Waals surface area contributed by atoms with Crippen molar-refractivity contribution in [2.24, 2.45) is 23.7 Å². The van der Waals surface area contributed by atoms with Crippen molar-refractivity contribution in [3.8, 4) is 0 Å². The van der Waals surface area contributed by atoms with Crippen molar-refractivity contribution in [2.45, 2.75) is 305 Å². The molecule has 0 saturated carbocycles. The van der Waals surface area contributed by atoms with Crippen LogP contribution in [0.4, 0.5) is 0 Å². The Labute approximate surface area is 486 Å². The maximum Gasteiger partial charge on any atom is 0.472 e. The number of ether oxygens (including phenoxy) is 4. The van der Waals surface area contributed by atoms with E-state index in [1.54, 1.807) is 0 Å². The van der Waals surface area contributed by atoms with Gasteiger partial charge in [-0.25, -0.2) is 9.13 Å². The summed E-state index contributed by atoms with van der Waals surface area (Å²) in [5.74, 6) is 0.700. The largest absolute Gasteiger partial charge is 0.472 e. The average molecular weight is 1190 g/mol. The van der Waals surface area contributed by atoms with Crippen LogP contribution < -0.4 is 0 Å².